The maximum absolute atomic E-state index is 12.8. The second kappa shape index (κ2) is 6.56. The van der Waals surface area contributed by atoms with Crippen LogP contribution in [0.2, 0.25) is 0 Å². The van der Waals surface area contributed by atoms with E-state index in [1.165, 1.54) is 4.31 Å². The molecule has 20 heavy (non-hydrogen) atoms. The fraction of sp³-hybridized carbons (Fsp3) is 0.571. The predicted octanol–water partition coefficient (Wildman–Crippen LogP) is 2.59. The SMILES string of the molecule is CN(C1CCCCC1CN)S(=O)(=O)c1ccccc1Br. The molecule has 1 saturated carbocycles. The van der Waals surface area contributed by atoms with E-state index in [1.807, 2.05) is 6.07 Å². The Kier molecular flexibility index (Phi) is 5.23. The van der Waals surface area contributed by atoms with E-state index < -0.39 is 10.0 Å². The molecule has 0 radical (unpaired) electrons. The minimum absolute atomic E-state index is 0.00542. The molecule has 2 rings (SSSR count). The number of rotatable bonds is 4. The van der Waals surface area contributed by atoms with Crippen LogP contribution in [-0.4, -0.2) is 32.4 Å². The molecule has 0 aromatic heterocycles. The number of nitrogens with zero attached hydrogens (tertiary/aromatic N) is 1. The summed E-state index contributed by atoms with van der Waals surface area (Å²) in [5.74, 6) is 0.256. The molecule has 2 unspecified atom stereocenters. The molecule has 1 fully saturated rings. The lowest BCUT2D eigenvalue weighted by atomic mass is 9.85. The van der Waals surface area contributed by atoms with Gasteiger partial charge < -0.3 is 5.73 Å². The molecular formula is C14H21BrN2O2S. The van der Waals surface area contributed by atoms with Crippen LogP contribution in [0.25, 0.3) is 0 Å². The number of nitrogens with two attached hydrogens (primary N) is 1. The summed E-state index contributed by atoms with van der Waals surface area (Å²) in [7, 11) is -1.81. The fourth-order valence-corrected chi connectivity index (χ4v) is 5.34. The first-order valence-corrected chi connectivity index (χ1v) is 9.14. The Bertz CT molecular complexity index is 562. The smallest absolute Gasteiger partial charge is 0.244 e. The number of hydrogen-bond acceptors (Lipinski definition) is 3. The van der Waals surface area contributed by atoms with Crippen molar-refractivity contribution in [1.82, 2.24) is 4.31 Å². The third-order valence-corrected chi connectivity index (χ3v) is 7.03. The van der Waals surface area contributed by atoms with Gasteiger partial charge in [-0.05, 0) is 53.4 Å². The van der Waals surface area contributed by atoms with Gasteiger partial charge in [-0.3, -0.25) is 0 Å². The molecule has 1 aromatic carbocycles. The highest BCUT2D eigenvalue weighted by atomic mass is 79.9. The Morgan fingerprint density at radius 1 is 1.30 bits per heavy atom. The zero-order valence-corrected chi connectivity index (χ0v) is 14.0. The van der Waals surface area contributed by atoms with Crippen LogP contribution in [0.3, 0.4) is 0 Å². The monoisotopic (exact) mass is 360 g/mol. The lowest BCUT2D eigenvalue weighted by Gasteiger charge is -2.36. The quantitative estimate of drug-likeness (QED) is 0.897. The second-order valence-corrected chi connectivity index (χ2v) is 8.12. The van der Waals surface area contributed by atoms with Crippen LogP contribution in [0.15, 0.2) is 33.6 Å². The van der Waals surface area contributed by atoms with Crippen LogP contribution in [0.4, 0.5) is 0 Å². The summed E-state index contributed by atoms with van der Waals surface area (Å²) in [5, 5.41) is 0. The van der Waals surface area contributed by atoms with Crippen LogP contribution in [0, 0.1) is 5.92 Å². The molecule has 6 heteroatoms. The van der Waals surface area contributed by atoms with E-state index in [2.05, 4.69) is 15.9 Å². The Morgan fingerprint density at radius 2 is 1.95 bits per heavy atom. The van der Waals surface area contributed by atoms with Gasteiger partial charge in [-0.2, -0.15) is 4.31 Å². The van der Waals surface area contributed by atoms with E-state index in [0.29, 0.717) is 15.9 Å². The van der Waals surface area contributed by atoms with E-state index >= 15 is 0 Å². The number of halogens is 1. The van der Waals surface area contributed by atoms with Crippen molar-refractivity contribution in [2.24, 2.45) is 11.7 Å². The van der Waals surface area contributed by atoms with Gasteiger partial charge >= 0.3 is 0 Å². The van der Waals surface area contributed by atoms with Crippen molar-refractivity contribution in [2.75, 3.05) is 13.6 Å². The summed E-state index contributed by atoms with van der Waals surface area (Å²) in [5.41, 5.74) is 5.81. The van der Waals surface area contributed by atoms with Gasteiger partial charge in [0.2, 0.25) is 10.0 Å². The lowest BCUT2D eigenvalue weighted by Crippen LogP contribution is -2.45. The molecule has 0 aliphatic heterocycles. The summed E-state index contributed by atoms with van der Waals surface area (Å²) in [6.07, 6.45) is 4.11. The third-order valence-electron chi connectivity index (χ3n) is 4.13. The molecule has 0 heterocycles. The summed E-state index contributed by atoms with van der Waals surface area (Å²) in [4.78, 5) is 0.323. The minimum Gasteiger partial charge on any atom is -0.330 e. The molecule has 2 N–H and O–H groups in total. The van der Waals surface area contributed by atoms with Gasteiger partial charge in [-0.15, -0.1) is 0 Å². The molecule has 0 bridgehead atoms. The van der Waals surface area contributed by atoms with Crippen LogP contribution < -0.4 is 5.73 Å². The first kappa shape index (κ1) is 15.9. The van der Waals surface area contributed by atoms with Crippen molar-refractivity contribution < 1.29 is 8.42 Å². The van der Waals surface area contributed by atoms with Crippen LogP contribution in [0.5, 0.6) is 0 Å². The fourth-order valence-electron chi connectivity index (χ4n) is 2.93. The zero-order chi connectivity index (χ0) is 14.8. The molecule has 1 aliphatic carbocycles. The molecule has 112 valence electrons. The Balaban J connectivity index is 2.31. The predicted molar refractivity (Wildman–Crippen MR) is 83.9 cm³/mol. The summed E-state index contributed by atoms with van der Waals surface area (Å²) in [6, 6.07) is 6.95. The highest BCUT2D eigenvalue weighted by Crippen LogP contribution is 2.32. The van der Waals surface area contributed by atoms with E-state index in [1.54, 1.807) is 25.2 Å². The topological polar surface area (TPSA) is 63.4 Å². The lowest BCUT2D eigenvalue weighted by molar-refractivity contribution is 0.204. The van der Waals surface area contributed by atoms with Crippen LogP contribution in [-0.2, 0) is 10.0 Å². The molecule has 2 atom stereocenters. The normalized spacial score (nSPS) is 24.0. The molecule has 0 amide bonds. The largest absolute Gasteiger partial charge is 0.330 e. The first-order chi connectivity index (χ1) is 9.48. The standard InChI is InChI=1S/C14H21BrN2O2S/c1-17(13-8-4-2-6-11(13)10-16)20(18,19)14-9-5-3-7-12(14)15/h3,5,7,9,11,13H,2,4,6,8,10,16H2,1H3. The van der Waals surface area contributed by atoms with Gasteiger partial charge in [0.1, 0.15) is 0 Å². The Morgan fingerprint density at radius 3 is 2.60 bits per heavy atom. The van der Waals surface area contributed by atoms with Gasteiger partial charge in [-0.1, -0.05) is 25.0 Å². The van der Waals surface area contributed by atoms with Crippen molar-refractivity contribution in [1.29, 1.82) is 0 Å². The Hall–Kier alpha value is -0.430. The van der Waals surface area contributed by atoms with Gasteiger partial charge in [-0.25, -0.2) is 8.42 Å². The van der Waals surface area contributed by atoms with Crippen molar-refractivity contribution in [2.45, 2.75) is 36.6 Å². The molecule has 0 saturated heterocycles. The van der Waals surface area contributed by atoms with E-state index in [0.717, 1.165) is 25.7 Å². The molecule has 4 nitrogen and oxygen atoms in total. The van der Waals surface area contributed by atoms with E-state index in [4.69, 9.17) is 5.73 Å². The summed E-state index contributed by atoms with van der Waals surface area (Å²) >= 11 is 3.33. The maximum Gasteiger partial charge on any atom is 0.244 e. The first-order valence-electron chi connectivity index (χ1n) is 6.91. The van der Waals surface area contributed by atoms with E-state index in [9.17, 15) is 8.42 Å². The highest BCUT2D eigenvalue weighted by molar-refractivity contribution is 9.10. The van der Waals surface area contributed by atoms with Crippen LogP contribution >= 0.6 is 15.9 Å². The minimum atomic E-state index is -3.48. The Labute approximate surface area is 129 Å². The second-order valence-electron chi connectivity index (χ2n) is 5.30. The number of hydrogen-bond donors (Lipinski definition) is 1. The van der Waals surface area contributed by atoms with Crippen molar-refractivity contribution in [3.63, 3.8) is 0 Å². The average Bonchev–Trinajstić information content (AvgIpc) is 2.46. The number of sulfonamides is 1. The van der Waals surface area contributed by atoms with Crippen LogP contribution in [0.1, 0.15) is 25.7 Å². The highest BCUT2D eigenvalue weighted by Gasteiger charge is 2.35. The van der Waals surface area contributed by atoms with Crippen molar-refractivity contribution in [3.05, 3.63) is 28.7 Å². The molecular weight excluding hydrogens is 340 g/mol. The van der Waals surface area contributed by atoms with E-state index in [-0.39, 0.29) is 12.0 Å². The molecule has 0 spiro atoms. The van der Waals surface area contributed by atoms with Gasteiger partial charge in [0.05, 0.1) is 4.90 Å². The zero-order valence-electron chi connectivity index (χ0n) is 11.6. The third kappa shape index (κ3) is 3.08. The van der Waals surface area contributed by atoms with Gasteiger partial charge in [0.25, 0.3) is 0 Å². The van der Waals surface area contributed by atoms with Gasteiger partial charge in [0, 0.05) is 17.6 Å². The number of benzene rings is 1. The summed E-state index contributed by atoms with van der Waals surface area (Å²) < 4.78 is 27.7. The van der Waals surface area contributed by atoms with Gasteiger partial charge in [0.15, 0.2) is 0 Å². The molecule has 1 aromatic rings. The van der Waals surface area contributed by atoms with Crippen molar-refractivity contribution >= 4 is 26.0 Å². The summed E-state index contributed by atoms with van der Waals surface area (Å²) in [6.45, 7) is 0.542. The van der Waals surface area contributed by atoms with Crippen molar-refractivity contribution in [3.8, 4) is 0 Å². The molecule has 1 aliphatic rings. The average molecular weight is 361 g/mol. The maximum atomic E-state index is 12.8.